The zero-order chi connectivity index (χ0) is 32.7. The van der Waals surface area contributed by atoms with Crippen molar-refractivity contribution in [1.29, 1.82) is 0 Å². The predicted molar refractivity (Wildman–Crippen MR) is 182 cm³/mol. The third-order valence-corrected chi connectivity index (χ3v) is 9.14. The third-order valence-electron chi connectivity index (χ3n) is 7.24. The number of benzene rings is 2. The van der Waals surface area contributed by atoms with Gasteiger partial charge in [0.1, 0.15) is 0 Å². The fourth-order valence-corrected chi connectivity index (χ4v) is 6.52. The standard InChI is InChI=1S/C18H26F3NS.C14H16O.C4H11N/c1-4-7-15(8-5-2)22(16-11-12-16)23(3)17-10-6-9-14(13-17)18(19,20)21;1-5-13(12(4)15)11(3)14-9-7-6-8-10(14)2;1-4(2)5-3/h6,9-10,13,15-16H,3-5,7-8,11-12H2,1-2H3;5-9H,3H2,1-2,4H3;4-5H,1-3H3/b;13-5+;. The smallest absolute Gasteiger partial charge is 0.318 e. The number of hydrogen-bond donors (Lipinski definition) is 1. The number of allylic oxidation sites excluding steroid dienone is 3. The molecule has 1 unspecified atom stereocenters. The van der Waals surface area contributed by atoms with E-state index in [0.29, 0.717) is 28.6 Å². The van der Waals surface area contributed by atoms with Crippen LogP contribution in [0.5, 0.6) is 0 Å². The molecule has 1 aliphatic carbocycles. The van der Waals surface area contributed by atoms with Crippen molar-refractivity contribution in [1.82, 2.24) is 9.62 Å². The van der Waals surface area contributed by atoms with Crippen LogP contribution >= 0.6 is 10.7 Å². The Hall–Kier alpha value is -2.48. The van der Waals surface area contributed by atoms with Crippen LogP contribution in [0, 0.1) is 6.92 Å². The lowest BCUT2D eigenvalue weighted by Gasteiger charge is -2.34. The second-order valence-electron chi connectivity index (χ2n) is 11.2. The lowest BCUT2D eigenvalue weighted by Crippen LogP contribution is -2.32. The number of aryl methyl sites for hydroxylation is 1. The van der Waals surface area contributed by atoms with Gasteiger partial charge in [0, 0.05) is 28.6 Å². The van der Waals surface area contributed by atoms with Gasteiger partial charge in [-0.05, 0) is 88.4 Å². The van der Waals surface area contributed by atoms with Crippen molar-refractivity contribution >= 4 is 27.9 Å². The number of nitrogens with zero attached hydrogens (tertiary/aromatic N) is 1. The highest BCUT2D eigenvalue weighted by atomic mass is 32.2. The molecule has 1 atom stereocenters. The average molecular weight is 619 g/mol. The van der Waals surface area contributed by atoms with E-state index < -0.39 is 22.4 Å². The van der Waals surface area contributed by atoms with Crippen molar-refractivity contribution < 1.29 is 18.0 Å². The largest absolute Gasteiger partial charge is 0.416 e. The van der Waals surface area contributed by atoms with E-state index in [1.54, 1.807) is 13.0 Å². The van der Waals surface area contributed by atoms with Crippen LogP contribution in [0.15, 0.2) is 71.7 Å². The molecule has 2 aromatic carbocycles. The Kier molecular flexibility index (Phi) is 17.1. The van der Waals surface area contributed by atoms with Gasteiger partial charge >= 0.3 is 6.18 Å². The fraction of sp³-hybridized carbons (Fsp3) is 0.500. The molecule has 1 fully saturated rings. The molecule has 1 aliphatic rings. The summed E-state index contributed by atoms with van der Waals surface area (Å²) in [5.74, 6) is 4.33. The van der Waals surface area contributed by atoms with Crippen molar-refractivity contribution in [2.45, 2.75) is 116 Å². The lowest BCUT2D eigenvalue weighted by molar-refractivity contribution is -0.137. The van der Waals surface area contributed by atoms with E-state index in [9.17, 15) is 18.0 Å². The van der Waals surface area contributed by atoms with E-state index in [1.807, 2.05) is 51.2 Å². The van der Waals surface area contributed by atoms with E-state index in [1.165, 1.54) is 12.1 Å². The van der Waals surface area contributed by atoms with Crippen molar-refractivity contribution in [2.75, 3.05) is 7.05 Å². The van der Waals surface area contributed by atoms with Gasteiger partial charge in [-0.1, -0.05) is 100 Å². The first-order chi connectivity index (χ1) is 20.2. The fourth-order valence-electron chi connectivity index (χ4n) is 4.64. The number of halogens is 3. The molecule has 0 saturated heterocycles. The van der Waals surface area contributed by atoms with Gasteiger partial charge in [0.15, 0.2) is 5.78 Å². The molecule has 0 aromatic heterocycles. The molecular formula is C36H53F3N2OS. The molecule has 0 bridgehead atoms. The number of Topliss-reactive ketones (excluding diaryl/α,β-unsaturated/α-hetero) is 1. The number of carbonyl (C=O) groups is 1. The minimum atomic E-state index is -4.29. The van der Waals surface area contributed by atoms with Gasteiger partial charge < -0.3 is 5.32 Å². The van der Waals surface area contributed by atoms with Gasteiger partial charge in [0.2, 0.25) is 0 Å². The summed E-state index contributed by atoms with van der Waals surface area (Å²) in [5, 5.41) is 3.03. The summed E-state index contributed by atoms with van der Waals surface area (Å²) in [4.78, 5) is 12.1. The van der Waals surface area contributed by atoms with Crippen LogP contribution in [0.4, 0.5) is 13.2 Å². The van der Waals surface area contributed by atoms with Crippen LogP contribution in [0.2, 0.25) is 0 Å². The van der Waals surface area contributed by atoms with E-state index in [4.69, 9.17) is 0 Å². The molecule has 0 heterocycles. The van der Waals surface area contributed by atoms with Crippen LogP contribution in [-0.2, 0) is 11.0 Å². The average Bonchev–Trinajstić information content (AvgIpc) is 3.79. The molecule has 43 heavy (non-hydrogen) atoms. The minimum absolute atomic E-state index is 0.0609. The highest BCUT2D eigenvalue weighted by Gasteiger charge is 2.36. The summed E-state index contributed by atoms with van der Waals surface area (Å²) < 4.78 is 41.3. The molecule has 240 valence electrons. The lowest BCUT2D eigenvalue weighted by atomic mass is 9.94. The Balaban J connectivity index is 0.000000396. The maximum absolute atomic E-state index is 13.0. The van der Waals surface area contributed by atoms with Crippen LogP contribution in [0.25, 0.3) is 5.57 Å². The van der Waals surface area contributed by atoms with Gasteiger partial charge in [-0.15, -0.1) is 0 Å². The summed E-state index contributed by atoms with van der Waals surface area (Å²) in [6.07, 6.45) is 4.16. The number of rotatable bonds is 12. The van der Waals surface area contributed by atoms with Crippen molar-refractivity contribution in [3.8, 4) is 0 Å². The maximum atomic E-state index is 13.0. The predicted octanol–water partition coefficient (Wildman–Crippen LogP) is 10.3. The number of ketones is 1. The van der Waals surface area contributed by atoms with Crippen LogP contribution < -0.4 is 5.32 Å². The number of hydrogen-bond acceptors (Lipinski definition) is 3. The molecule has 0 aliphatic heterocycles. The van der Waals surface area contributed by atoms with Crippen molar-refractivity contribution in [3.63, 3.8) is 0 Å². The van der Waals surface area contributed by atoms with Crippen molar-refractivity contribution in [3.05, 3.63) is 83.4 Å². The van der Waals surface area contributed by atoms with Crippen LogP contribution in [-0.4, -0.2) is 41.1 Å². The van der Waals surface area contributed by atoms with Crippen LogP contribution in [0.1, 0.15) is 96.8 Å². The molecule has 0 radical (unpaired) electrons. The van der Waals surface area contributed by atoms with E-state index in [-0.39, 0.29) is 5.78 Å². The first-order valence-electron chi connectivity index (χ1n) is 15.3. The highest BCUT2D eigenvalue weighted by Crippen LogP contribution is 2.44. The molecule has 1 saturated carbocycles. The van der Waals surface area contributed by atoms with E-state index >= 15 is 0 Å². The molecule has 3 nitrogen and oxygen atoms in total. The second kappa shape index (κ2) is 19.0. The van der Waals surface area contributed by atoms with Crippen molar-refractivity contribution in [2.24, 2.45) is 0 Å². The topological polar surface area (TPSA) is 32.3 Å². The molecule has 1 N–H and O–H groups in total. The molecule has 0 amide bonds. The monoisotopic (exact) mass is 618 g/mol. The molecule has 3 rings (SSSR count). The summed E-state index contributed by atoms with van der Waals surface area (Å²) in [5.41, 5.74) is 3.12. The Morgan fingerprint density at radius 1 is 1.09 bits per heavy atom. The molecule has 7 heteroatoms. The summed E-state index contributed by atoms with van der Waals surface area (Å²) >= 11 is 0. The second-order valence-corrected chi connectivity index (χ2v) is 12.8. The Morgan fingerprint density at radius 2 is 1.65 bits per heavy atom. The van der Waals surface area contributed by atoms with E-state index in [0.717, 1.165) is 61.3 Å². The molecule has 0 spiro atoms. The maximum Gasteiger partial charge on any atom is 0.416 e. The normalized spacial score (nSPS) is 14.1. The number of alkyl halides is 3. The third kappa shape index (κ3) is 13.0. The van der Waals surface area contributed by atoms with Gasteiger partial charge in [0.25, 0.3) is 0 Å². The molecule has 2 aromatic rings. The number of carbonyl (C=O) groups excluding carboxylic acids is 1. The zero-order valence-corrected chi connectivity index (χ0v) is 28.3. The summed E-state index contributed by atoms with van der Waals surface area (Å²) in [7, 11) is 1.42. The summed E-state index contributed by atoms with van der Waals surface area (Å²) in [6, 6.07) is 15.2. The Labute approximate surface area is 261 Å². The van der Waals surface area contributed by atoms with Gasteiger partial charge in [-0.3, -0.25) is 4.79 Å². The summed E-state index contributed by atoms with van der Waals surface area (Å²) in [6.45, 7) is 18.0. The zero-order valence-electron chi connectivity index (χ0n) is 27.5. The highest BCUT2D eigenvalue weighted by molar-refractivity contribution is 8.12. The van der Waals surface area contributed by atoms with E-state index in [2.05, 4.69) is 49.8 Å². The van der Waals surface area contributed by atoms with Gasteiger partial charge in [-0.2, -0.15) is 13.2 Å². The molecular weight excluding hydrogens is 565 g/mol. The Morgan fingerprint density at radius 3 is 2.07 bits per heavy atom. The first kappa shape index (κ1) is 38.5. The first-order valence-corrected chi connectivity index (χ1v) is 16.7. The quantitative estimate of drug-likeness (QED) is 0.146. The van der Waals surface area contributed by atoms with Gasteiger partial charge in [-0.25, -0.2) is 4.31 Å². The minimum Gasteiger partial charge on any atom is -0.318 e. The van der Waals surface area contributed by atoms with Crippen LogP contribution in [0.3, 0.4) is 0 Å². The number of nitrogens with one attached hydrogen (secondary N) is 1. The SMILES string of the molecule is C=C(/C(=C\C)C(C)=O)c1ccccc1C.C=S(c1cccc(C(F)(F)F)c1)N(C(CCC)CCC)C1CC1.CNC(C)C. The van der Waals surface area contributed by atoms with Gasteiger partial charge in [0.05, 0.1) is 5.56 Å². The Bertz CT molecular complexity index is 1210.